The van der Waals surface area contributed by atoms with Crippen LogP contribution in [0.3, 0.4) is 0 Å². The Morgan fingerprint density at radius 3 is 2.71 bits per heavy atom. The Kier molecular flexibility index (Phi) is 6.23. The Bertz CT molecular complexity index is 1870. The minimum absolute atomic E-state index is 0.0633. The number of carbonyl (C=O) groups excluding carboxylic acids is 1. The summed E-state index contributed by atoms with van der Waals surface area (Å²) in [4.78, 5) is 19.3. The van der Waals surface area contributed by atoms with Gasteiger partial charge in [-0.2, -0.15) is 5.10 Å². The lowest BCUT2D eigenvalue weighted by Gasteiger charge is -2.32. The molecule has 0 unspecified atom stereocenters. The lowest BCUT2D eigenvalue weighted by molar-refractivity contribution is 0.0605. The first-order valence-electron chi connectivity index (χ1n) is 14.0. The molecule has 0 radical (unpaired) electrons. The Morgan fingerprint density at radius 2 is 1.95 bits per heavy atom. The van der Waals surface area contributed by atoms with Crippen molar-refractivity contribution in [2.24, 2.45) is 11.7 Å². The van der Waals surface area contributed by atoms with Crippen molar-refractivity contribution in [3.05, 3.63) is 71.4 Å². The van der Waals surface area contributed by atoms with E-state index in [1.54, 1.807) is 25.1 Å². The van der Waals surface area contributed by atoms with Crippen LogP contribution < -0.4 is 5.73 Å². The lowest BCUT2D eigenvalue weighted by atomic mass is 10.0. The normalized spacial score (nSPS) is 19.2. The van der Waals surface area contributed by atoms with Gasteiger partial charge >= 0.3 is 0 Å². The molecule has 1 saturated carbocycles. The minimum Gasteiger partial charge on any atom is -0.505 e. The van der Waals surface area contributed by atoms with E-state index >= 15 is 4.39 Å². The van der Waals surface area contributed by atoms with Crippen molar-refractivity contribution in [3.8, 4) is 28.4 Å². The number of fused-ring (bicyclic) bond motifs is 2. The third kappa shape index (κ3) is 4.48. The summed E-state index contributed by atoms with van der Waals surface area (Å²) in [6.45, 7) is 2.56. The van der Waals surface area contributed by atoms with Gasteiger partial charge in [0, 0.05) is 41.8 Å². The van der Waals surface area contributed by atoms with Gasteiger partial charge in [-0.3, -0.25) is 4.79 Å². The van der Waals surface area contributed by atoms with Crippen LogP contribution in [0.4, 0.5) is 13.2 Å². The number of hydrogen-bond acceptors (Lipinski definition) is 5. The Morgan fingerprint density at radius 1 is 1.14 bits per heavy atom. The van der Waals surface area contributed by atoms with Gasteiger partial charge in [0.1, 0.15) is 28.8 Å². The number of phenolic OH excluding ortho intramolecular Hbond substituents is 1. The van der Waals surface area contributed by atoms with E-state index in [0.717, 1.165) is 23.9 Å². The first kappa shape index (κ1) is 26.5. The van der Waals surface area contributed by atoms with E-state index in [2.05, 4.69) is 0 Å². The number of pyridine rings is 2. The second-order valence-electron chi connectivity index (χ2n) is 11.5. The molecule has 0 bridgehead atoms. The molecule has 5 aromatic rings. The van der Waals surface area contributed by atoms with Gasteiger partial charge in [-0.05, 0) is 68.5 Å². The number of amides is 1. The molecule has 1 aliphatic carbocycles. The fourth-order valence-electron chi connectivity index (χ4n) is 5.99. The SMILES string of the molecule is Cc1c(-c2cc3ccc(-c4cccc(O)c4F)nc3n2CC2CC2)nn2cc(C(=O)N3C[C@H](N)C[C@@H](F)C3)cc(F)c12. The van der Waals surface area contributed by atoms with Crippen LogP contribution in [-0.4, -0.2) is 60.4 Å². The third-order valence-corrected chi connectivity index (χ3v) is 8.26. The molecule has 2 fully saturated rings. The molecule has 3 N–H and O–H groups in total. The summed E-state index contributed by atoms with van der Waals surface area (Å²) in [5.41, 5.74) is 9.27. The summed E-state index contributed by atoms with van der Waals surface area (Å²) in [6, 6.07) is 10.6. The van der Waals surface area contributed by atoms with Crippen LogP contribution in [0.5, 0.6) is 5.75 Å². The highest BCUT2D eigenvalue weighted by Gasteiger charge is 2.30. The van der Waals surface area contributed by atoms with Crippen molar-refractivity contribution in [2.45, 2.75) is 44.9 Å². The summed E-state index contributed by atoms with van der Waals surface area (Å²) in [7, 11) is 0. The molecule has 8 nitrogen and oxygen atoms in total. The number of phenols is 1. The molecule has 1 saturated heterocycles. The number of likely N-dealkylation sites (tertiary alicyclic amines) is 1. The topological polar surface area (TPSA) is 102 Å². The summed E-state index contributed by atoms with van der Waals surface area (Å²) in [6.07, 6.45) is 2.58. The number of aromatic nitrogens is 4. The number of alkyl halides is 1. The first-order chi connectivity index (χ1) is 20.2. The number of nitrogens with two attached hydrogens (primary N) is 1. The van der Waals surface area contributed by atoms with E-state index in [9.17, 15) is 18.7 Å². The van der Waals surface area contributed by atoms with E-state index < -0.39 is 35.5 Å². The van der Waals surface area contributed by atoms with Gasteiger partial charge in [-0.15, -0.1) is 0 Å². The molecule has 42 heavy (non-hydrogen) atoms. The van der Waals surface area contributed by atoms with E-state index in [-0.39, 0.29) is 36.2 Å². The first-order valence-corrected chi connectivity index (χ1v) is 14.0. The quantitative estimate of drug-likeness (QED) is 0.299. The van der Waals surface area contributed by atoms with E-state index in [1.165, 1.54) is 27.7 Å². The highest BCUT2D eigenvalue weighted by Crippen LogP contribution is 2.38. The molecule has 4 aromatic heterocycles. The predicted octanol–water partition coefficient (Wildman–Crippen LogP) is 5.23. The number of aromatic hydroxyl groups is 1. The predicted molar refractivity (Wildman–Crippen MR) is 152 cm³/mol. The second-order valence-corrected chi connectivity index (χ2v) is 11.5. The summed E-state index contributed by atoms with van der Waals surface area (Å²) in [5, 5.41) is 15.4. The molecule has 5 heterocycles. The number of nitrogens with zero attached hydrogens (tertiary/aromatic N) is 5. The van der Waals surface area contributed by atoms with Crippen molar-refractivity contribution in [1.29, 1.82) is 0 Å². The van der Waals surface area contributed by atoms with Crippen LogP contribution >= 0.6 is 0 Å². The average molecular weight is 575 g/mol. The van der Waals surface area contributed by atoms with Crippen molar-refractivity contribution in [2.75, 3.05) is 13.1 Å². The highest BCUT2D eigenvalue weighted by atomic mass is 19.1. The monoisotopic (exact) mass is 574 g/mol. The fourth-order valence-corrected chi connectivity index (χ4v) is 5.99. The molecule has 2 aliphatic rings. The molecule has 7 rings (SSSR count). The molecule has 1 aliphatic heterocycles. The van der Waals surface area contributed by atoms with Gasteiger partial charge < -0.3 is 20.3 Å². The van der Waals surface area contributed by atoms with E-state index in [1.807, 2.05) is 16.7 Å². The largest absolute Gasteiger partial charge is 0.505 e. The van der Waals surface area contributed by atoms with E-state index in [4.69, 9.17) is 15.8 Å². The molecule has 1 aromatic carbocycles. The van der Waals surface area contributed by atoms with E-state index in [0.29, 0.717) is 35.1 Å². The van der Waals surface area contributed by atoms with Crippen LogP contribution in [0, 0.1) is 24.5 Å². The maximum Gasteiger partial charge on any atom is 0.255 e. The van der Waals surface area contributed by atoms with Crippen LogP contribution in [0.2, 0.25) is 0 Å². The van der Waals surface area contributed by atoms with Crippen molar-refractivity contribution in [1.82, 2.24) is 24.1 Å². The number of piperidine rings is 1. The number of benzene rings is 1. The number of carbonyl (C=O) groups is 1. The van der Waals surface area contributed by atoms with Crippen molar-refractivity contribution >= 4 is 22.5 Å². The second kappa shape index (κ2) is 9.87. The summed E-state index contributed by atoms with van der Waals surface area (Å²) >= 11 is 0. The van der Waals surface area contributed by atoms with Crippen LogP contribution in [0.25, 0.3) is 39.2 Å². The minimum atomic E-state index is -1.23. The lowest BCUT2D eigenvalue weighted by Crippen LogP contribution is -2.50. The highest BCUT2D eigenvalue weighted by molar-refractivity contribution is 5.95. The smallest absolute Gasteiger partial charge is 0.255 e. The number of rotatable bonds is 5. The molecule has 1 amide bonds. The van der Waals surface area contributed by atoms with Gasteiger partial charge in [0.2, 0.25) is 0 Å². The van der Waals surface area contributed by atoms with Gasteiger partial charge in [0.15, 0.2) is 11.6 Å². The number of aryl methyl sites for hydroxylation is 1. The number of hydrogen-bond donors (Lipinski definition) is 2. The zero-order valence-corrected chi connectivity index (χ0v) is 22.9. The zero-order valence-electron chi connectivity index (χ0n) is 22.9. The maximum absolute atomic E-state index is 15.5. The average Bonchev–Trinajstić information content (AvgIpc) is 3.62. The van der Waals surface area contributed by atoms with Crippen LogP contribution in [0.15, 0.2) is 48.7 Å². The Hall–Kier alpha value is -4.38. The van der Waals surface area contributed by atoms with Gasteiger partial charge in [0.25, 0.3) is 5.91 Å². The number of halogens is 3. The Balaban J connectivity index is 1.33. The zero-order chi connectivity index (χ0) is 29.3. The molecule has 0 spiro atoms. The maximum atomic E-state index is 15.5. The molecular formula is C31H29F3N6O2. The summed E-state index contributed by atoms with van der Waals surface area (Å²) < 4.78 is 47.8. The molecule has 216 valence electrons. The molecule has 11 heteroatoms. The third-order valence-electron chi connectivity index (χ3n) is 8.26. The van der Waals surface area contributed by atoms with Crippen LogP contribution in [-0.2, 0) is 6.54 Å². The van der Waals surface area contributed by atoms with Gasteiger partial charge in [-0.25, -0.2) is 22.7 Å². The van der Waals surface area contributed by atoms with Crippen molar-refractivity contribution in [3.63, 3.8) is 0 Å². The molecular weight excluding hydrogens is 545 g/mol. The fraction of sp³-hybridized carbons (Fsp3) is 0.323. The van der Waals surface area contributed by atoms with Gasteiger partial charge in [0.05, 0.1) is 23.5 Å². The van der Waals surface area contributed by atoms with Crippen LogP contribution in [0.1, 0.15) is 35.2 Å². The van der Waals surface area contributed by atoms with Gasteiger partial charge in [-0.1, -0.05) is 6.07 Å². The Labute approximate surface area is 239 Å². The molecule has 2 atom stereocenters. The summed E-state index contributed by atoms with van der Waals surface area (Å²) in [5.74, 6) is -1.84. The van der Waals surface area contributed by atoms with Crippen molar-refractivity contribution < 1.29 is 23.1 Å². The standard InChI is InChI=1S/C31H29F3N6O2/c1-16-28(37-40-13-19(9-23(33)29(16)40)31(42)38-14-20(32)11-21(35)15-38)25-10-18-7-8-24(22-3-2-4-26(41)27(22)34)36-30(18)39(25)12-17-5-6-17/h2-4,7-10,13,17,20-21,41H,5-6,11-12,14-15,35H2,1H3/t20-,21-/m1/s1.